The first kappa shape index (κ1) is 13.8. The van der Waals surface area contributed by atoms with Crippen LogP contribution in [-0.2, 0) is 9.59 Å². The fourth-order valence-corrected chi connectivity index (χ4v) is 1.44. The molecule has 0 spiro atoms. The quantitative estimate of drug-likeness (QED) is 0.812. The van der Waals surface area contributed by atoms with Crippen molar-refractivity contribution in [3.8, 4) is 5.75 Å². The van der Waals surface area contributed by atoms with Crippen LogP contribution in [0.1, 0.15) is 0 Å². The van der Waals surface area contributed by atoms with Crippen molar-refractivity contribution in [3.63, 3.8) is 0 Å². The number of nitrogens with zero attached hydrogens (tertiary/aromatic N) is 1. The highest BCUT2D eigenvalue weighted by Gasteiger charge is 2.12. The maximum atomic E-state index is 11.5. The molecule has 1 aromatic rings. The fraction of sp³-hybridized carbons (Fsp3) is 0.273. The van der Waals surface area contributed by atoms with E-state index in [2.05, 4.69) is 22.6 Å². The summed E-state index contributed by atoms with van der Waals surface area (Å²) in [6.07, 6.45) is 0. The lowest BCUT2D eigenvalue weighted by Crippen LogP contribution is -2.35. The van der Waals surface area contributed by atoms with Crippen molar-refractivity contribution in [2.45, 2.75) is 0 Å². The number of likely N-dealkylation sites (N-methyl/N-ethyl adjacent to an activating group) is 1. The van der Waals surface area contributed by atoms with E-state index < -0.39 is 5.97 Å². The van der Waals surface area contributed by atoms with Gasteiger partial charge in [-0.2, -0.15) is 0 Å². The van der Waals surface area contributed by atoms with Gasteiger partial charge in [-0.05, 0) is 46.9 Å². The summed E-state index contributed by atoms with van der Waals surface area (Å²) in [5.41, 5.74) is 0. The van der Waals surface area contributed by atoms with Crippen LogP contribution in [0, 0.1) is 3.57 Å². The zero-order chi connectivity index (χ0) is 12.8. The van der Waals surface area contributed by atoms with Crippen LogP contribution in [-0.4, -0.2) is 42.1 Å². The van der Waals surface area contributed by atoms with Crippen LogP contribution in [0.2, 0.25) is 0 Å². The number of aliphatic carboxylic acids is 1. The number of carboxylic acid groups (broad SMARTS) is 1. The zero-order valence-electron chi connectivity index (χ0n) is 9.22. The van der Waals surface area contributed by atoms with E-state index in [0.717, 1.165) is 8.47 Å². The molecule has 0 unspecified atom stereocenters. The molecule has 5 nitrogen and oxygen atoms in total. The van der Waals surface area contributed by atoms with Gasteiger partial charge in [0.05, 0.1) is 0 Å². The lowest BCUT2D eigenvalue weighted by Gasteiger charge is -2.14. The van der Waals surface area contributed by atoms with Gasteiger partial charge in [0.1, 0.15) is 12.3 Å². The van der Waals surface area contributed by atoms with Crippen LogP contribution < -0.4 is 4.74 Å². The predicted molar refractivity (Wildman–Crippen MR) is 69.9 cm³/mol. The molecular formula is C11H12INO4. The molecule has 0 fully saturated rings. The van der Waals surface area contributed by atoms with Gasteiger partial charge < -0.3 is 14.7 Å². The molecule has 0 heterocycles. The highest BCUT2D eigenvalue weighted by atomic mass is 127. The van der Waals surface area contributed by atoms with Gasteiger partial charge in [-0.1, -0.05) is 0 Å². The van der Waals surface area contributed by atoms with E-state index in [1.54, 1.807) is 12.1 Å². The van der Waals surface area contributed by atoms with Crippen molar-refractivity contribution >= 4 is 34.5 Å². The third-order valence-electron chi connectivity index (χ3n) is 1.97. The number of amides is 1. The molecule has 0 aromatic heterocycles. The Morgan fingerprint density at radius 1 is 1.35 bits per heavy atom. The van der Waals surface area contributed by atoms with E-state index in [4.69, 9.17) is 9.84 Å². The monoisotopic (exact) mass is 349 g/mol. The molecule has 0 bridgehead atoms. The smallest absolute Gasteiger partial charge is 0.323 e. The van der Waals surface area contributed by atoms with Crippen LogP contribution in [0.25, 0.3) is 0 Å². The van der Waals surface area contributed by atoms with E-state index in [0.29, 0.717) is 5.75 Å². The molecule has 1 aromatic carbocycles. The van der Waals surface area contributed by atoms with Gasteiger partial charge in [-0.3, -0.25) is 9.59 Å². The summed E-state index contributed by atoms with van der Waals surface area (Å²) < 4.78 is 6.31. The standard InChI is InChI=1S/C11H12INO4/c1-13(6-11(15)16)10(14)7-17-9-4-2-8(12)3-5-9/h2-5H,6-7H2,1H3,(H,15,16). The number of ether oxygens (including phenoxy) is 1. The molecule has 0 aliphatic carbocycles. The molecule has 0 saturated carbocycles. The van der Waals surface area contributed by atoms with Crippen LogP contribution in [0.4, 0.5) is 0 Å². The molecule has 1 N–H and O–H groups in total. The normalized spacial score (nSPS) is 9.76. The summed E-state index contributed by atoms with van der Waals surface area (Å²) in [6, 6.07) is 7.24. The Hall–Kier alpha value is -1.31. The van der Waals surface area contributed by atoms with Gasteiger partial charge in [-0.25, -0.2) is 0 Å². The number of benzene rings is 1. The first-order valence-electron chi connectivity index (χ1n) is 4.83. The van der Waals surface area contributed by atoms with Crippen LogP contribution in [0.15, 0.2) is 24.3 Å². The van der Waals surface area contributed by atoms with Crippen LogP contribution in [0.5, 0.6) is 5.75 Å². The van der Waals surface area contributed by atoms with Crippen molar-refractivity contribution in [3.05, 3.63) is 27.8 Å². The molecule has 0 atom stereocenters. The van der Waals surface area contributed by atoms with Crippen LogP contribution in [0.3, 0.4) is 0 Å². The van der Waals surface area contributed by atoms with Crippen molar-refractivity contribution in [1.29, 1.82) is 0 Å². The van der Waals surface area contributed by atoms with Crippen molar-refractivity contribution in [2.24, 2.45) is 0 Å². The van der Waals surface area contributed by atoms with E-state index in [-0.39, 0.29) is 19.1 Å². The SMILES string of the molecule is CN(CC(=O)O)C(=O)COc1ccc(I)cc1. The van der Waals surface area contributed by atoms with Gasteiger partial charge in [0.2, 0.25) is 0 Å². The first-order valence-corrected chi connectivity index (χ1v) is 5.91. The second-order valence-electron chi connectivity index (χ2n) is 3.39. The van der Waals surface area contributed by atoms with Crippen molar-refractivity contribution in [1.82, 2.24) is 4.90 Å². The number of carbonyl (C=O) groups is 2. The number of halogens is 1. The fourth-order valence-electron chi connectivity index (χ4n) is 1.08. The van der Waals surface area contributed by atoms with E-state index in [9.17, 15) is 9.59 Å². The summed E-state index contributed by atoms with van der Waals surface area (Å²) in [5.74, 6) is -0.830. The molecule has 1 rings (SSSR count). The molecule has 6 heteroatoms. The average molecular weight is 349 g/mol. The minimum atomic E-state index is -1.05. The lowest BCUT2D eigenvalue weighted by molar-refractivity contribution is -0.144. The molecule has 0 aliphatic heterocycles. The Labute approximate surface area is 113 Å². The van der Waals surface area contributed by atoms with Crippen molar-refractivity contribution in [2.75, 3.05) is 20.2 Å². The van der Waals surface area contributed by atoms with Crippen LogP contribution >= 0.6 is 22.6 Å². The highest BCUT2D eigenvalue weighted by Crippen LogP contribution is 2.13. The summed E-state index contributed by atoms with van der Waals surface area (Å²) in [7, 11) is 1.42. The highest BCUT2D eigenvalue weighted by molar-refractivity contribution is 14.1. The predicted octanol–water partition coefficient (Wildman–Crippen LogP) is 1.21. The Morgan fingerprint density at radius 2 is 1.94 bits per heavy atom. The Balaban J connectivity index is 2.42. The molecular weight excluding hydrogens is 337 g/mol. The average Bonchev–Trinajstić information content (AvgIpc) is 2.27. The summed E-state index contributed by atoms with van der Waals surface area (Å²) in [5, 5.41) is 8.51. The van der Waals surface area contributed by atoms with E-state index in [1.807, 2.05) is 12.1 Å². The van der Waals surface area contributed by atoms with Gasteiger partial charge in [0.25, 0.3) is 5.91 Å². The number of carboxylic acids is 1. The minimum Gasteiger partial charge on any atom is -0.484 e. The third kappa shape index (κ3) is 5.03. The maximum absolute atomic E-state index is 11.5. The zero-order valence-corrected chi connectivity index (χ0v) is 11.4. The Bertz CT molecular complexity index is 404. The van der Waals surface area contributed by atoms with Gasteiger partial charge in [0, 0.05) is 10.6 Å². The summed E-state index contributed by atoms with van der Waals surface area (Å²) in [4.78, 5) is 23.0. The van der Waals surface area contributed by atoms with E-state index >= 15 is 0 Å². The van der Waals surface area contributed by atoms with Gasteiger partial charge >= 0.3 is 5.97 Å². The Kier molecular flexibility index (Phi) is 5.20. The second-order valence-corrected chi connectivity index (χ2v) is 4.63. The number of hydrogen-bond donors (Lipinski definition) is 1. The largest absolute Gasteiger partial charge is 0.484 e. The Morgan fingerprint density at radius 3 is 2.47 bits per heavy atom. The summed E-state index contributed by atoms with van der Waals surface area (Å²) >= 11 is 2.17. The third-order valence-corrected chi connectivity index (χ3v) is 2.69. The molecule has 0 saturated heterocycles. The number of hydrogen-bond acceptors (Lipinski definition) is 3. The number of rotatable bonds is 5. The molecule has 92 valence electrons. The summed E-state index contributed by atoms with van der Waals surface area (Å²) in [6.45, 7) is -0.487. The van der Waals surface area contributed by atoms with Gasteiger partial charge in [0.15, 0.2) is 6.61 Å². The molecule has 0 aliphatic rings. The lowest BCUT2D eigenvalue weighted by atomic mass is 10.3. The second kappa shape index (κ2) is 6.43. The molecule has 0 radical (unpaired) electrons. The van der Waals surface area contributed by atoms with Crippen molar-refractivity contribution < 1.29 is 19.4 Å². The van der Waals surface area contributed by atoms with Gasteiger partial charge in [-0.15, -0.1) is 0 Å². The molecule has 1 amide bonds. The molecule has 17 heavy (non-hydrogen) atoms. The number of carbonyl (C=O) groups excluding carboxylic acids is 1. The first-order chi connectivity index (χ1) is 7.99. The minimum absolute atomic E-state index is 0.162. The van der Waals surface area contributed by atoms with E-state index in [1.165, 1.54) is 7.05 Å². The topological polar surface area (TPSA) is 66.8 Å². The maximum Gasteiger partial charge on any atom is 0.323 e.